The molecule has 0 radical (unpaired) electrons. The molecule has 180 valence electrons. The van der Waals surface area contributed by atoms with Gasteiger partial charge in [0.15, 0.2) is 23.2 Å². The fourth-order valence-corrected chi connectivity index (χ4v) is 5.67. The van der Waals surface area contributed by atoms with Gasteiger partial charge in [-0.1, -0.05) is 24.3 Å². The highest BCUT2D eigenvalue weighted by Crippen LogP contribution is 2.48. The van der Waals surface area contributed by atoms with E-state index in [1.54, 1.807) is 12.1 Å². The smallest absolute Gasteiger partial charge is 0.346 e. The van der Waals surface area contributed by atoms with E-state index in [-0.39, 0.29) is 11.7 Å². The highest BCUT2D eigenvalue weighted by molar-refractivity contribution is 5.91. The number of ether oxygens (including phenoxy) is 1. The molecule has 0 bridgehead atoms. The number of fused-ring (bicyclic) bond motifs is 1. The second kappa shape index (κ2) is 10.6. The molecule has 0 aromatic heterocycles. The van der Waals surface area contributed by atoms with Crippen LogP contribution in [0.4, 0.5) is 13.2 Å². The van der Waals surface area contributed by atoms with Gasteiger partial charge in [-0.05, 0) is 104 Å². The van der Waals surface area contributed by atoms with E-state index in [1.807, 2.05) is 6.08 Å². The Morgan fingerprint density at radius 3 is 2.47 bits per heavy atom. The second-order valence-corrected chi connectivity index (χ2v) is 9.65. The number of benzene rings is 2. The molecule has 2 aromatic rings. The van der Waals surface area contributed by atoms with Gasteiger partial charge in [-0.25, -0.2) is 18.0 Å². The lowest BCUT2D eigenvalue weighted by Crippen LogP contribution is -2.30. The first kappa shape index (κ1) is 24.3. The third-order valence-electron chi connectivity index (χ3n) is 7.59. The predicted octanol–water partition coefficient (Wildman–Crippen LogP) is 7.93. The molecule has 2 fully saturated rings. The van der Waals surface area contributed by atoms with Crippen LogP contribution < -0.4 is 4.74 Å². The maximum Gasteiger partial charge on any atom is 0.346 e. The van der Waals surface area contributed by atoms with Gasteiger partial charge in [0.25, 0.3) is 0 Å². The van der Waals surface area contributed by atoms with Gasteiger partial charge in [0.1, 0.15) is 0 Å². The maximum atomic E-state index is 15.1. The number of halogens is 3. The van der Waals surface area contributed by atoms with E-state index in [1.165, 1.54) is 24.3 Å². The van der Waals surface area contributed by atoms with Crippen LogP contribution in [0, 0.1) is 35.2 Å². The Bertz CT molecular complexity index is 1080. The molecule has 4 unspecified atom stereocenters. The molecular formula is C29H31F3O2. The molecule has 5 heteroatoms. The van der Waals surface area contributed by atoms with E-state index in [0.29, 0.717) is 36.2 Å². The summed E-state index contributed by atoms with van der Waals surface area (Å²) in [6.45, 7) is 7.55. The lowest BCUT2D eigenvalue weighted by Gasteiger charge is -2.41. The average Bonchev–Trinajstić information content (AvgIpc) is 2.85. The van der Waals surface area contributed by atoms with Crippen LogP contribution in [0.1, 0.15) is 72.3 Å². The summed E-state index contributed by atoms with van der Waals surface area (Å²) in [5.74, 6) is -2.77. The summed E-state index contributed by atoms with van der Waals surface area (Å²) in [4.78, 5) is 12.5. The van der Waals surface area contributed by atoms with Crippen molar-refractivity contribution in [2.45, 2.75) is 57.3 Å². The minimum Gasteiger partial charge on any atom is -0.420 e. The summed E-state index contributed by atoms with van der Waals surface area (Å²) in [6.07, 6.45) is 11.0. The summed E-state index contributed by atoms with van der Waals surface area (Å²) in [7, 11) is 0. The average molecular weight is 469 g/mol. The first-order valence-electron chi connectivity index (χ1n) is 12.1. The highest BCUT2D eigenvalue weighted by Gasteiger charge is 2.36. The van der Waals surface area contributed by atoms with E-state index in [9.17, 15) is 13.6 Å². The normalized spacial score (nSPS) is 24.2. The van der Waals surface area contributed by atoms with Gasteiger partial charge in [0, 0.05) is 0 Å². The van der Waals surface area contributed by atoms with E-state index in [2.05, 4.69) is 13.2 Å². The molecular weight excluding hydrogens is 437 g/mol. The van der Waals surface area contributed by atoms with Crippen LogP contribution in [0.25, 0.3) is 0 Å². The van der Waals surface area contributed by atoms with Crippen LogP contribution in [0.3, 0.4) is 0 Å². The van der Waals surface area contributed by atoms with Crippen molar-refractivity contribution in [3.63, 3.8) is 0 Å². The Morgan fingerprint density at radius 1 is 0.971 bits per heavy atom. The number of allylic oxidation sites excluding steroid dienone is 2. The molecule has 2 aromatic carbocycles. The van der Waals surface area contributed by atoms with Crippen LogP contribution in [0.15, 0.2) is 55.6 Å². The first-order chi connectivity index (χ1) is 16.4. The van der Waals surface area contributed by atoms with Crippen LogP contribution in [-0.4, -0.2) is 5.97 Å². The van der Waals surface area contributed by atoms with Gasteiger partial charge < -0.3 is 4.74 Å². The van der Waals surface area contributed by atoms with Crippen LogP contribution in [0.2, 0.25) is 0 Å². The monoisotopic (exact) mass is 468 g/mol. The Hall–Kier alpha value is -2.82. The number of hydrogen-bond donors (Lipinski definition) is 0. The minimum absolute atomic E-state index is 0.0679. The van der Waals surface area contributed by atoms with Crippen molar-refractivity contribution in [1.82, 2.24) is 0 Å². The number of carbonyl (C=O) groups excluding carboxylic acids is 1. The van der Waals surface area contributed by atoms with Gasteiger partial charge in [0.05, 0.1) is 5.56 Å². The van der Waals surface area contributed by atoms with E-state index < -0.39 is 29.0 Å². The molecule has 0 amide bonds. The number of esters is 1. The lowest BCUT2D eigenvalue weighted by atomic mass is 9.64. The molecule has 34 heavy (non-hydrogen) atoms. The topological polar surface area (TPSA) is 26.3 Å². The Balaban J connectivity index is 1.46. The quantitative estimate of drug-likeness (QED) is 0.234. The standard InChI is InChI=1S/C29H31F3O2/c1-3-5-6-19-8-14-26(25(30)16-19)34-29(33)24-13-12-23(27(31)28(24)32)22-11-10-20-15-18(4-2)7-9-21(20)17-22/h3-4,8,12-14,16,18,20-22H,1-2,5-7,9-11,15,17H2. The summed E-state index contributed by atoms with van der Waals surface area (Å²) in [5, 5.41) is 0. The van der Waals surface area contributed by atoms with Crippen molar-refractivity contribution in [2.75, 3.05) is 0 Å². The van der Waals surface area contributed by atoms with Crippen molar-refractivity contribution >= 4 is 5.97 Å². The molecule has 0 heterocycles. The number of aryl methyl sites for hydroxylation is 1. The summed E-state index contributed by atoms with van der Waals surface area (Å²) < 4.78 is 49.4. The van der Waals surface area contributed by atoms with Crippen LogP contribution >= 0.6 is 0 Å². The Labute approximate surface area is 199 Å². The molecule has 2 aliphatic rings. The van der Waals surface area contributed by atoms with Gasteiger partial charge >= 0.3 is 5.97 Å². The maximum absolute atomic E-state index is 15.1. The van der Waals surface area contributed by atoms with Crippen molar-refractivity contribution < 1.29 is 22.7 Å². The molecule has 2 aliphatic carbocycles. The van der Waals surface area contributed by atoms with Gasteiger partial charge in [-0.15, -0.1) is 13.2 Å². The first-order valence-corrected chi connectivity index (χ1v) is 12.1. The lowest BCUT2D eigenvalue weighted by molar-refractivity contribution is 0.0721. The van der Waals surface area contributed by atoms with Crippen LogP contribution in [-0.2, 0) is 6.42 Å². The number of hydrogen-bond acceptors (Lipinski definition) is 2. The fourth-order valence-electron chi connectivity index (χ4n) is 5.67. The van der Waals surface area contributed by atoms with E-state index in [4.69, 9.17) is 4.74 Å². The third kappa shape index (κ3) is 5.13. The van der Waals surface area contributed by atoms with Crippen molar-refractivity contribution in [3.8, 4) is 5.75 Å². The molecule has 2 saturated carbocycles. The third-order valence-corrected chi connectivity index (χ3v) is 7.59. The van der Waals surface area contributed by atoms with Gasteiger partial charge in [-0.3, -0.25) is 0 Å². The molecule has 4 rings (SSSR count). The highest BCUT2D eigenvalue weighted by atomic mass is 19.2. The predicted molar refractivity (Wildman–Crippen MR) is 127 cm³/mol. The largest absolute Gasteiger partial charge is 0.420 e. The van der Waals surface area contributed by atoms with Crippen molar-refractivity contribution in [2.24, 2.45) is 17.8 Å². The molecule has 0 saturated heterocycles. The number of carbonyl (C=O) groups is 1. The molecule has 0 N–H and O–H groups in total. The van der Waals surface area contributed by atoms with Gasteiger partial charge in [-0.2, -0.15) is 0 Å². The molecule has 4 atom stereocenters. The fraction of sp³-hybridized carbons (Fsp3) is 0.414. The zero-order valence-corrected chi connectivity index (χ0v) is 19.4. The van der Waals surface area contributed by atoms with Crippen molar-refractivity contribution in [1.29, 1.82) is 0 Å². The SMILES string of the molecule is C=CCCc1ccc(OC(=O)c2ccc(C3CCC4CC(C=C)CCC4C3)c(F)c2F)c(F)c1. The second-order valence-electron chi connectivity index (χ2n) is 9.65. The zero-order valence-electron chi connectivity index (χ0n) is 19.4. The Kier molecular flexibility index (Phi) is 7.60. The molecule has 2 nitrogen and oxygen atoms in total. The number of rotatable bonds is 7. The molecule has 0 aliphatic heterocycles. The summed E-state index contributed by atoms with van der Waals surface area (Å²) in [5.41, 5.74) is 0.513. The molecule has 0 spiro atoms. The van der Waals surface area contributed by atoms with Crippen molar-refractivity contribution in [3.05, 3.63) is 89.8 Å². The minimum atomic E-state index is -1.23. The van der Waals surface area contributed by atoms with E-state index in [0.717, 1.165) is 44.1 Å². The summed E-state index contributed by atoms with van der Waals surface area (Å²) >= 11 is 0. The Morgan fingerprint density at radius 2 is 1.74 bits per heavy atom. The van der Waals surface area contributed by atoms with Crippen LogP contribution in [0.5, 0.6) is 5.75 Å². The van der Waals surface area contributed by atoms with E-state index >= 15 is 4.39 Å². The zero-order chi connectivity index (χ0) is 24.2. The summed E-state index contributed by atoms with van der Waals surface area (Å²) in [6, 6.07) is 6.98. The van der Waals surface area contributed by atoms with Gasteiger partial charge in [0.2, 0.25) is 0 Å².